The molecule has 0 bridgehead atoms. The van der Waals surface area contributed by atoms with Gasteiger partial charge in [-0.1, -0.05) is 48.9 Å². The molecule has 2 aromatic carbocycles. The summed E-state index contributed by atoms with van der Waals surface area (Å²) in [7, 11) is 0. The smallest absolute Gasteiger partial charge is 0.271 e. The maximum Gasteiger partial charge on any atom is 0.352 e. The second-order valence-electron chi connectivity index (χ2n) is 7.47. The molecule has 162 valence electrons. The van der Waals surface area contributed by atoms with Gasteiger partial charge in [-0.05, 0) is 41.1 Å². The summed E-state index contributed by atoms with van der Waals surface area (Å²) in [5.41, 5.74) is 2.10. The first-order valence-electron chi connectivity index (χ1n) is 10.1. The zero-order chi connectivity index (χ0) is 22.4. The predicted molar refractivity (Wildman–Crippen MR) is 125 cm³/mol. The van der Waals surface area contributed by atoms with Crippen LogP contribution in [0.25, 0.3) is 16.0 Å². The molecule has 0 saturated heterocycles. The number of aryl methyl sites for hydroxylation is 1. The zero-order valence-corrected chi connectivity index (χ0v) is 18.7. The number of hydrogen-bond acceptors (Lipinski definition) is 4. The SMILES string of the molecule is CCc1ccc(Cn2c(=O)c3sccc3n3c(=O)n(Cc4c(F)cccc4Cl)nc23)cc1. The van der Waals surface area contributed by atoms with E-state index in [1.165, 1.54) is 38.0 Å². The molecule has 3 heterocycles. The van der Waals surface area contributed by atoms with E-state index in [-0.39, 0.29) is 35.0 Å². The van der Waals surface area contributed by atoms with Crippen molar-refractivity contribution < 1.29 is 4.39 Å². The van der Waals surface area contributed by atoms with Crippen LogP contribution in [0, 0.1) is 5.82 Å². The summed E-state index contributed by atoms with van der Waals surface area (Å²) in [4.78, 5) is 26.5. The standard InChI is InChI=1S/C23H18ClFN4O2S/c1-2-14-6-8-15(9-7-14)12-27-21(30)20-19(10-11-32-20)29-22(27)26-28(23(29)31)13-16-17(24)4-3-5-18(16)25/h3-11H,2,12-13H2,1H3. The number of hydrogen-bond donors (Lipinski definition) is 0. The first-order valence-corrected chi connectivity index (χ1v) is 11.3. The fraction of sp³-hybridized carbons (Fsp3) is 0.174. The molecule has 0 unspecified atom stereocenters. The number of benzene rings is 2. The third kappa shape index (κ3) is 3.36. The molecule has 5 rings (SSSR count). The van der Waals surface area contributed by atoms with Gasteiger partial charge in [0, 0.05) is 10.6 Å². The van der Waals surface area contributed by atoms with Crippen molar-refractivity contribution in [3.8, 4) is 0 Å². The van der Waals surface area contributed by atoms with E-state index in [2.05, 4.69) is 12.0 Å². The molecule has 0 fully saturated rings. The highest BCUT2D eigenvalue weighted by molar-refractivity contribution is 7.17. The molecule has 0 aliphatic heterocycles. The number of halogens is 2. The van der Waals surface area contributed by atoms with Gasteiger partial charge in [0.15, 0.2) is 0 Å². The number of aromatic nitrogens is 4. The van der Waals surface area contributed by atoms with Crippen LogP contribution in [-0.4, -0.2) is 18.7 Å². The van der Waals surface area contributed by atoms with Gasteiger partial charge in [0.2, 0.25) is 5.78 Å². The van der Waals surface area contributed by atoms with Crippen LogP contribution in [0.2, 0.25) is 5.02 Å². The second-order valence-corrected chi connectivity index (χ2v) is 8.80. The van der Waals surface area contributed by atoms with Crippen LogP contribution < -0.4 is 11.2 Å². The molecule has 0 spiro atoms. The molecule has 0 saturated carbocycles. The molecule has 0 radical (unpaired) electrons. The van der Waals surface area contributed by atoms with E-state index in [9.17, 15) is 14.0 Å². The van der Waals surface area contributed by atoms with Crippen LogP contribution in [0.4, 0.5) is 4.39 Å². The Morgan fingerprint density at radius 2 is 1.78 bits per heavy atom. The largest absolute Gasteiger partial charge is 0.352 e. The van der Waals surface area contributed by atoms with Crippen molar-refractivity contribution in [3.05, 3.63) is 102 Å². The molecule has 32 heavy (non-hydrogen) atoms. The quantitative estimate of drug-likeness (QED) is 0.386. The average molecular weight is 469 g/mol. The van der Waals surface area contributed by atoms with E-state index < -0.39 is 11.5 Å². The van der Waals surface area contributed by atoms with E-state index in [4.69, 9.17) is 11.6 Å². The summed E-state index contributed by atoms with van der Waals surface area (Å²) >= 11 is 7.43. The van der Waals surface area contributed by atoms with E-state index >= 15 is 0 Å². The van der Waals surface area contributed by atoms with E-state index in [1.54, 1.807) is 17.5 Å². The molecule has 6 nitrogen and oxygen atoms in total. The minimum absolute atomic E-state index is 0.142. The van der Waals surface area contributed by atoms with E-state index in [1.807, 2.05) is 24.3 Å². The summed E-state index contributed by atoms with van der Waals surface area (Å²) in [6.07, 6.45) is 0.921. The van der Waals surface area contributed by atoms with Gasteiger partial charge in [-0.25, -0.2) is 18.3 Å². The van der Waals surface area contributed by atoms with Gasteiger partial charge >= 0.3 is 5.69 Å². The number of rotatable bonds is 5. The van der Waals surface area contributed by atoms with Gasteiger partial charge in [-0.3, -0.25) is 9.36 Å². The lowest BCUT2D eigenvalue weighted by atomic mass is 10.1. The van der Waals surface area contributed by atoms with Crippen molar-refractivity contribution in [1.82, 2.24) is 18.7 Å². The van der Waals surface area contributed by atoms with Crippen LogP contribution in [0.15, 0.2) is 63.5 Å². The van der Waals surface area contributed by atoms with Crippen LogP contribution in [0.3, 0.4) is 0 Å². The molecule has 0 amide bonds. The van der Waals surface area contributed by atoms with Gasteiger partial charge in [-0.2, -0.15) is 0 Å². The normalized spacial score (nSPS) is 11.6. The molecule has 3 aromatic heterocycles. The fourth-order valence-corrected chi connectivity index (χ4v) is 4.82. The van der Waals surface area contributed by atoms with Crippen molar-refractivity contribution in [2.24, 2.45) is 0 Å². The van der Waals surface area contributed by atoms with Crippen molar-refractivity contribution in [2.75, 3.05) is 0 Å². The summed E-state index contributed by atoms with van der Waals surface area (Å²) in [5, 5.41) is 6.40. The van der Waals surface area contributed by atoms with E-state index in [0.29, 0.717) is 10.2 Å². The van der Waals surface area contributed by atoms with Crippen LogP contribution in [0.1, 0.15) is 23.6 Å². The zero-order valence-electron chi connectivity index (χ0n) is 17.1. The Morgan fingerprint density at radius 3 is 2.50 bits per heavy atom. The van der Waals surface area contributed by atoms with Gasteiger partial charge in [0.1, 0.15) is 10.5 Å². The van der Waals surface area contributed by atoms with Crippen molar-refractivity contribution in [3.63, 3.8) is 0 Å². The first kappa shape index (κ1) is 20.7. The lowest BCUT2D eigenvalue weighted by Gasteiger charge is -2.08. The Labute approximate surface area is 190 Å². The monoisotopic (exact) mass is 468 g/mol. The minimum Gasteiger partial charge on any atom is -0.271 e. The van der Waals surface area contributed by atoms with Gasteiger partial charge in [0.25, 0.3) is 5.56 Å². The molecule has 5 aromatic rings. The third-order valence-corrected chi connectivity index (χ3v) is 6.78. The Bertz CT molecular complexity index is 1560. The summed E-state index contributed by atoms with van der Waals surface area (Å²) in [6, 6.07) is 14.0. The highest BCUT2D eigenvalue weighted by Crippen LogP contribution is 2.21. The molecule has 0 aliphatic carbocycles. The molecule has 0 atom stereocenters. The van der Waals surface area contributed by atoms with Gasteiger partial charge < -0.3 is 0 Å². The summed E-state index contributed by atoms with van der Waals surface area (Å²) in [6.45, 7) is 2.20. The topological polar surface area (TPSA) is 61.3 Å². The maximum atomic E-state index is 14.3. The van der Waals surface area contributed by atoms with Crippen LogP contribution in [-0.2, 0) is 19.5 Å². The lowest BCUT2D eigenvalue weighted by Crippen LogP contribution is -2.26. The fourth-order valence-electron chi connectivity index (χ4n) is 3.78. The van der Waals surface area contributed by atoms with E-state index in [0.717, 1.165) is 16.7 Å². The molecular weight excluding hydrogens is 451 g/mol. The molecule has 0 aliphatic rings. The average Bonchev–Trinajstić information content (AvgIpc) is 3.39. The first-order chi connectivity index (χ1) is 15.5. The Hall–Kier alpha value is -3.23. The predicted octanol–water partition coefficient (Wildman–Crippen LogP) is 4.32. The Kier molecular flexibility index (Phi) is 5.19. The van der Waals surface area contributed by atoms with Gasteiger partial charge in [0.05, 0.1) is 18.6 Å². The lowest BCUT2D eigenvalue weighted by molar-refractivity contribution is 0.578. The highest BCUT2D eigenvalue weighted by atomic mass is 35.5. The third-order valence-electron chi connectivity index (χ3n) is 5.53. The molecule has 9 heteroatoms. The van der Waals surface area contributed by atoms with Crippen molar-refractivity contribution >= 4 is 38.9 Å². The highest BCUT2D eigenvalue weighted by Gasteiger charge is 2.20. The van der Waals surface area contributed by atoms with Crippen molar-refractivity contribution in [2.45, 2.75) is 26.4 Å². The summed E-state index contributed by atoms with van der Waals surface area (Å²) in [5.74, 6) is -0.312. The number of thiophene rings is 1. The number of nitrogens with zero attached hydrogens (tertiary/aromatic N) is 4. The molecule has 0 N–H and O–H groups in total. The second kappa shape index (κ2) is 8.03. The van der Waals surface area contributed by atoms with Crippen molar-refractivity contribution in [1.29, 1.82) is 0 Å². The number of fused-ring (bicyclic) bond motifs is 3. The minimum atomic E-state index is -0.518. The maximum absolute atomic E-state index is 14.3. The Balaban J connectivity index is 1.71. The van der Waals surface area contributed by atoms with Crippen LogP contribution in [0.5, 0.6) is 0 Å². The van der Waals surface area contributed by atoms with Crippen LogP contribution >= 0.6 is 22.9 Å². The summed E-state index contributed by atoms with van der Waals surface area (Å²) < 4.78 is 18.8. The molecular formula is C23H18ClFN4O2S. The Morgan fingerprint density at radius 1 is 1.03 bits per heavy atom. The van der Waals surface area contributed by atoms with Gasteiger partial charge in [-0.15, -0.1) is 16.4 Å².